The molecule has 10 heavy (non-hydrogen) atoms. The first kappa shape index (κ1) is 7.48. The van der Waals surface area contributed by atoms with Crippen LogP contribution in [-0.2, 0) is 5.11 Å². The summed E-state index contributed by atoms with van der Waals surface area (Å²) >= 11 is 1.75. The molecular weight excluding hydrogens is 144 g/mol. The van der Waals surface area contributed by atoms with Crippen LogP contribution >= 0.6 is 11.8 Å². The first-order valence-corrected chi connectivity index (χ1v) is 4.21. The maximum Gasteiger partial charge on any atom is 0.178 e. The van der Waals surface area contributed by atoms with Gasteiger partial charge in [0.05, 0.1) is 0 Å². The van der Waals surface area contributed by atoms with E-state index in [-0.39, 0.29) is 5.75 Å². The molecule has 0 amide bonds. The van der Waals surface area contributed by atoms with E-state index >= 15 is 0 Å². The van der Waals surface area contributed by atoms with Gasteiger partial charge in [-0.3, -0.25) is 5.11 Å². The highest BCUT2D eigenvalue weighted by Crippen LogP contribution is 2.19. The van der Waals surface area contributed by atoms with Gasteiger partial charge in [-0.1, -0.05) is 6.92 Å². The van der Waals surface area contributed by atoms with Crippen LogP contribution in [0.25, 0.3) is 0 Å². The van der Waals surface area contributed by atoms with E-state index in [0.717, 1.165) is 5.75 Å². The van der Waals surface area contributed by atoms with Gasteiger partial charge in [-0.25, -0.2) is 0 Å². The number of thioether (sulfide) groups is 1. The molecule has 0 heterocycles. The lowest BCUT2D eigenvalue weighted by Crippen LogP contribution is -1.69. The largest absolute Gasteiger partial charge is 0.290 e. The second kappa shape index (κ2) is 3.52. The molecule has 0 bridgehead atoms. The van der Waals surface area contributed by atoms with Crippen LogP contribution in [0, 0.1) is 0 Å². The van der Waals surface area contributed by atoms with Crippen LogP contribution in [0.5, 0.6) is 5.75 Å². The van der Waals surface area contributed by atoms with E-state index in [1.165, 1.54) is 4.90 Å². The Labute approximate surface area is 65.1 Å². The second-order valence-corrected chi connectivity index (χ2v) is 3.24. The normalized spacial score (nSPS) is 9.70. The van der Waals surface area contributed by atoms with Crippen LogP contribution in [0.1, 0.15) is 6.92 Å². The van der Waals surface area contributed by atoms with Crippen molar-refractivity contribution in [3.63, 3.8) is 0 Å². The van der Waals surface area contributed by atoms with Gasteiger partial charge >= 0.3 is 0 Å². The molecular formula is C8H9OS. The van der Waals surface area contributed by atoms with E-state index in [1.807, 2.05) is 12.1 Å². The molecule has 0 fully saturated rings. The molecule has 0 aliphatic rings. The summed E-state index contributed by atoms with van der Waals surface area (Å²) in [5, 5.41) is 10.6. The maximum atomic E-state index is 10.6. The molecule has 53 valence electrons. The van der Waals surface area contributed by atoms with Gasteiger partial charge < -0.3 is 0 Å². The van der Waals surface area contributed by atoms with Gasteiger partial charge in [0.25, 0.3) is 0 Å². The molecule has 0 aliphatic carbocycles. The van der Waals surface area contributed by atoms with Crippen molar-refractivity contribution < 1.29 is 5.11 Å². The minimum absolute atomic E-state index is 0.0838. The molecule has 1 nitrogen and oxygen atoms in total. The van der Waals surface area contributed by atoms with Gasteiger partial charge in [0.15, 0.2) is 5.75 Å². The van der Waals surface area contributed by atoms with E-state index < -0.39 is 0 Å². The molecule has 0 saturated heterocycles. The Balaban J connectivity index is 2.69. The average Bonchev–Trinajstić information content (AvgIpc) is 1.95. The number of benzene rings is 1. The van der Waals surface area contributed by atoms with Crippen LogP contribution in [-0.4, -0.2) is 5.75 Å². The summed E-state index contributed by atoms with van der Waals surface area (Å²) in [5.41, 5.74) is 0. The van der Waals surface area contributed by atoms with Gasteiger partial charge in [0, 0.05) is 4.90 Å². The topological polar surface area (TPSA) is 19.9 Å². The van der Waals surface area contributed by atoms with Crippen molar-refractivity contribution in [2.45, 2.75) is 11.8 Å². The Morgan fingerprint density at radius 2 is 1.90 bits per heavy atom. The Kier molecular flexibility index (Phi) is 2.63. The average molecular weight is 153 g/mol. The zero-order valence-electron chi connectivity index (χ0n) is 5.83. The van der Waals surface area contributed by atoms with Crippen LogP contribution in [0.3, 0.4) is 0 Å². The molecule has 0 N–H and O–H groups in total. The number of hydrogen-bond acceptors (Lipinski definition) is 1. The van der Waals surface area contributed by atoms with Crippen molar-refractivity contribution in [1.82, 2.24) is 0 Å². The summed E-state index contributed by atoms with van der Waals surface area (Å²) in [5.74, 6) is 1.14. The highest BCUT2D eigenvalue weighted by Gasteiger charge is 1.91. The van der Waals surface area contributed by atoms with Crippen molar-refractivity contribution in [3.8, 4) is 5.75 Å². The predicted octanol–water partition coefficient (Wildman–Crippen LogP) is 2.94. The minimum atomic E-state index is 0.0838. The monoisotopic (exact) mass is 153 g/mol. The van der Waals surface area contributed by atoms with Crippen molar-refractivity contribution >= 4 is 11.8 Å². The minimum Gasteiger partial charge on any atom is -0.290 e. The maximum absolute atomic E-state index is 10.6. The smallest absolute Gasteiger partial charge is 0.178 e. The van der Waals surface area contributed by atoms with E-state index in [1.54, 1.807) is 23.9 Å². The SMILES string of the molecule is CCSc1ccc([O])cc1. The Morgan fingerprint density at radius 3 is 2.40 bits per heavy atom. The van der Waals surface area contributed by atoms with Crippen molar-refractivity contribution in [1.29, 1.82) is 0 Å². The highest BCUT2D eigenvalue weighted by atomic mass is 32.2. The van der Waals surface area contributed by atoms with E-state index in [2.05, 4.69) is 6.92 Å². The Bertz CT molecular complexity index is 193. The second-order valence-electron chi connectivity index (χ2n) is 1.90. The van der Waals surface area contributed by atoms with Crippen molar-refractivity contribution in [3.05, 3.63) is 24.3 Å². The quantitative estimate of drug-likeness (QED) is 0.598. The van der Waals surface area contributed by atoms with Gasteiger partial charge in [0.1, 0.15) is 0 Å². The number of rotatable bonds is 2. The molecule has 1 radical (unpaired) electrons. The summed E-state index contributed by atoms with van der Waals surface area (Å²) in [7, 11) is 0. The standard InChI is InChI=1S/C8H9OS/c1-2-10-8-5-3-7(9)4-6-8/h3-6H,2H2,1H3. The van der Waals surface area contributed by atoms with Crippen LogP contribution in [0.15, 0.2) is 29.2 Å². The third kappa shape index (κ3) is 1.95. The first-order valence-electron chi connectivity index (χ1n) is 3.23. The number of hydrogen-bond donors (Lipinski definition) is 0. The molecule has 0 saturated carbocycles. The molecule has 0 spiro atoms. The Morgan fingerprint density at radius 1 is 1.30 bits per heavy atom. The van der Waals surface area contributed by atoms with Crippen molar-refractivity contribution in [2.24, 2.45) is 0 Å². The summed E-state index contributed by atoms with van der Waals surface area (Å²) in [6, 6.07) is 6.91. The van der Waals surface area contributed by atoms with Gasteiger partial charge in [-0.2, -0.15) is 0 Å². The summed E-state index contributed by atoms with van der Waals surface area (Å²) in [6.07, 6.45) is 0. The third-order valence-electron chi connectivity index (χ3n) is 1.13. The molecule has 0 unspecified atom stereocenters. The lowest BCUT2D eigenvalue weighted by molar-refractivity contribution is 0.354. The molecule has 1 rings (SSSR count). The molecule has 1 aromatic carbocycles. The summed E-state index contributed by atoms with van der Waals surface area (Å²) in [6.45, 7) is 2.09. The van der Waals surface area contributed by atoms with Crippen molar-refractivity contribution in [2.75, 3.05) is 5.75 Å². The van der Waals surface area contributed by atoms with E-state index in [4.69, 9.17) is 0 Å². The first-order chi connectivity index (χ1) is 4.83. The predicted molar refractivity (Wildman–Crippen MR) is 43.0 cm³/mol. The summed E-state index contributed by atoms with van der Waals surface area (Å²) < 4.78 is 0. The lowest BCUT2D eigenvalue weighted by Gasteiger charge is -1.94. The molecule has 2 heteroatoms. The molecule has 0 atom stereocenters. The van der Waals surface area contributed by atoms with Gasteiger partial charge in [-0.15, -0.1) is 11.8 Å². The highest BCUT2D eigenvalue weighted by molar-refractivity contribution is 7.99. The van der Waals surface area contributed by atoms with Gasteiger partial charge in [0.2, 0.25) is 0 Å². The zero-order valence-corrected chi connectivity index (χ0v) is 6.65. The third-order valence-corrected chi connectivity index (χ3v) is 2.03. The van der Waals surface area contributed by atoms with Gasteiger partial charge in [-0.05, 0) is 30.0 Å². The summed E-state index contributed by atoms with van der Waals surface area (Å²) in [4.78, 5) is 1.17. The fourth-order valence-corrected chi connectivity index (χ4v) is 1.36. The molecule has 0 aromatic heterocycles. The zero-order chi connectivity index (χ0) is 7.40. The van der Waals surface area contributed by atoms with Crippen LogP contribution in [0.4, 0.5) is 0 Å². The fourth-order valence-electron chi connectivity index (χ4n) is 0.703. The molecule has 1 aromatic rings. The van der Waals surface area contributed by atoms with Crippen LogP contribution < -0.4 is 0 Å². The molecule has 0 aliphatic heterocycles. The van der Waals surface area contributed by atoms with E-state index in [0.29, 0.717) is 0 Å². The fraction of sp³-hybridized carbons (Fsp3) is 0.250. The van der Waals surface area contributed by atoms with E-state index in [9.17, 15) is 5.11 Å². The van der Waals surface area contributed by atoms with Crippen LogP contribution in [0.2, 0.25) is 0 Å². The Hall–Kier alpha value is -0.630. The lowest BCUT2D eigenvalue weighted by atomic mass is 10.3.